The van der Waals surface area contributed by atoms with E-state index in [1.807, 2.05) is 38.1 Å². The maximum atomic E-state index is 10.4. The molecular weight excluding hydrogens is 450 g/mol. The third-order valence-corrected chi connectivity index (χ3v) is 6.21. The summed E-state index contributed by atoms with van der Waals surface area (Å²) in [6, 6.07) is 7.80. The first-order valence-corrected chi connectivity index (χ1v) is 12.0. The fourth-order valence-corrected chi connectivity index (χ4v) is 4.40. The Hall–Kier alpha value is -2.76. The zero-order valence-corrected chi connectivity index (χ0v) is 20.5. The van der Waals surface area contributed by atoms with Crippen molar-refractivity contribution in [2.45, 2.75) is 45.0 Å². The van der Waals surface area contributed by atoms with Crippen molar-refractivity contribution in [2.75, 3.05) is 40.0 Å². The van der Waals surface area contributed by atoms with E-state index in [9.17, 15) is 10.2 Å². The van der Waals surface area contributed by atoms with Gasteiger partial charge in [0, 0.05) is 36.9 Å². The topological polar surface area (TPSA) is 133 Å². The highest BCUT2D eigenvalue weighted by Crippen LogP contribution is 2.29. The Kier molecular flexibility index (Phi) is 8.53. The van der Waals surface area contributed by atoms with E-state index in [4.69, 9.17) is 19.0 Å². The maximum Gasteiger partial charge on any atom is 0.143 e. The molecule has 0 saturated carbocycles. The lowest BCUT2D eigenvalue weighted by Crippen LogP contribution is -2.46. The lowest BCUT2D eigenvalue weighted by Gasteiger charge is -2.32. The van der Waals surface area contributed by atoms with Crippen molar-refractivity contribution in [1.82, 2.24) is 21.1 Å². The number of aliphatic hydroxyl groups is 2. The molecule has 35 heavy (non-hydrogen) atoms. The van der Waals surface area contributed by atoms with Gasteiger partial charge in [-0.25, -0.2) is 4.99 Å². The van der Waals surface area contributed by atoms with Crippen LogP contribution in [0.1, 0.15) is 35.4 Å². The summed E-state index contributed by atoms with van der Waals surface area (Å²) in [6.07, 6.45) is 0.729. The molecule has 2 unspecified atom stereocenters. The highest BCUT2D eigenvalue weighted by molar-refractivity contribution is 6.05. The van der Waals surface area contributed by atoms with E-state index in [0.717, 1.165) is 40.9 Å². The molecule has 190 valence electrons. The molecule has 4 rings (SSSR count). The first-order valence-electron chi connectivity index (χ1n) is 12.0. The molecule has 0 amide bonds. The van der Waals surface area contributed by atoms with Crippen LogP contribution in [-0.4, -0.2) is 79.5 Å². The van der Waals surface area contributed by atoms with Gasteiger partial charge in [-0.1, -0.05) is 17.3 Å². The Morgan fingerprint density at radius 3 is 2.74 bits per heavy atom. The van der Waals surface area contributed by atoms with Gasteiger partial charge in [0.1, 0.15) is 36.2 Å². The molecular formula is C25H35N5O5. The second-order valence-electron chi connectivity index (χ2n) is 8.87. The molecule has 2 atom stereocenters. The Labute approximate surface area is 205 Å². The first kappa shape index (κ1) is 25.3. The van der Waals surface area contributed by atoms with Crippen LogP contribution in [0.4, 0.5) is 0 Å². The third kappa shape index (κ3) is 6.09. The minimum absolute atomic E-state index is 0.170. The highest BCUT2D eigenvalue weighted by atomic mass is 16.5. The van der Waals surface area contributed by atoms with Gasteiger partial charge in [0.25, 0.3) is 0 Å². The van der Waals surface area contributed by atoms with Crippen LogP contribution in [0.15, 0.2) is 39.4 Å². The number of benzene rings is 1. The average molecular weight is 486 g/mol. The summed E-state index contributed by atoms with van der Waals surface area (Å²) in [5.74, 6) is 1.94. The molecule has 0 bridgehead atoms. The van der Waals surface area contributed by atoms with Crippen molar-refractivity contribution in [2.24, 2.45) is 4.99 Å². The van der Waals surface area contributed by atoms with Gasteiger partial charge in [-0.2, -0.15) is 0 Å². The quantitative estimate of drug-likeness (QED) is 0.335. The Balaban J connectivity index is 1.66. The number of amidine groups is 1. The van der Waals surface area contributed by atoms with Gasteiger partial charge in [-0.3, -0.25) is 5.32 Å². The van der Waals surface area contributed by atoms with Gasteiger partial charge < -0.3 is 34.8 Å². The summed E-state index contributed by atoms with van der Waals surface area (Å²) in [5.41, 5.74) is 3.86. The number of aromatic nitrogens is 1. The van der Waals surface area contributed by atoms with Crippen LogP contribution in [0.2, 0.25) is 0 Å². The number of likely N-dealkylation sites (N-methyl/N-ethyl adjacent to an activating group) is 1. The van der Waals surface area contributed by atoms with Gasteiger partial charge in [0.05, 0.1) is 23.6 Å². The van der Waals surface area contributed by atoms with Gasteiger partial charge in [0.2, 0.25) is 0 Å². The number of ether oxygens (including phenoxy) is 2. The standard InChI is InChI=1S/C25H35N5O5/c1-15-22(16(2)35-30-15)23-21(13-31)25(27-18-7-9-33-10-8-18)29-24(28-23)17-5-4-6-20(11-17)34-14-19(32)12-26-3/h4-6,11,18-19,25-27,31-32H,7-10,12-14H2,1-3H3,(H,28,29). The number of aliphatic imine (C=N–C) groups is 1. The van der Waals surface area contributed by atoms with Crippen molar-refractivity contribution in [1.29, 1.82) is 0 Å². The van der Waals surface area contributed by atoms with Crippen LogP contribution < -0.4 is 20.7 Å². The van der Waals surface area contributed by atoms with Gasteiger partial charge in [-0.05, 0) is 45.9 Å². The number of hydrogen-bond acceptors (Lipinski definition) is 10. The predicted octanol–water partition coefficient (Wildman–Crippen LogP) is 1.10. The molecule has 0 spiro atoms. The summed E-state index contributed by atoms with van der Waals surface area (Å²) in [7, 11) is 1.78. The van der Waals surface area contributed by atoms with E-state index >= 15 is 0 Å². The molecule has 1 fully saturated rings. The van der Waals surface area contributed by atoms with Crippen LogP contribution in [-0.2, 0) is 4.74 Å². The Bertz CT molecular complexity index is 1040. The number of nitrogens with one attached hydrogen (secondary N) is 3. The summed E-state index contributed by atoms with van der Waals surface area (Å²) in [5, 5.41) is 34.4. The largest absolute Gasteiger partial charge is 0.491 e. The number of aryl methyl sites for hydroxylation is 2. The van der Waals surface area contributed by atoms with Crippen molar-refractivity contribution < 1.29 is 24.2 Å². The molecule has 2 aromatic rings. The highest BCUT2D eigenvalue weighted by Gasteiger charge is 2.30. The van der Waals surface area contributed by atoms with Crippen molar-refractivity contribution in [3.63, 3.8) is 0 Å². The second-order valence-corrected chi connectivity index (χ2v) is 8.87. The first-order chi connectivity index (χ1) is 17.0. The van der Waals surface area contributed by atoms with E-state index in [0.29, 0.717) is 37.1 Å². The number of hydrogen-bond donors (Lipinski definition) is 5. The van der Waals surface area contributed by atoms with E-state index < -0.39 is 12.3 Å². The molecule has 2 aliphatic heterocycles. The van der Waals surface area contributed by atoms with E-state index in [2.05, 4.69) is 21.1 Å². The fraction of sp³-hybridized carbons (Fsp3) is 0.520. The molecule has 3 heterocycles. The summed E-state index contributed by atoms with van der Waals surface area (Å²) >= 11 is 0. The summed E-state index contributed by atoms with van der Waals surface area (Å²) < 4.78 is 16.7. The lowest BCUT2D eigenvalue weighted by atomic mass is 9.99. The maximum absolute atomic E-state index is 10.4. The van der Waals surface area contributed by atoms with Crippen LogP contribution >= 0.6 is 0 Å². The summed E-state index contributed by atoms with van der Waals surface area (Å²) in [4.78, 5) is 4.95. The number of aliphatic hydroxyl groups excluding tert-OH is 2. The van der Waals surface area contributed by atoms with Crippen LogP contribution in [0.5, 0.6) is 5.75 Å². The van der Waals surface area contributed by atoms with Gasteiger partial charge in [0.15, 0.2) is 0 Å². The zero-order chi connectivity index (χ0) is 24.8. The van der Waals surface area contributed by atoms with Crippen LogP contribution in [0.3, 0.4) is 0 Å². The van der Waals surface area contributed by atoms with E-state index in [-0.39, 0.29) is 19.3 Å². The SMILES string of the molecule is CNCC(O)COc1cccc(C2=NC(NC3CCOCC3)C(CO)=C(c3c(C)noc3C)N2)c1. The smallest absolute Gasteiger partial charge is 0.143 e. The molecule has 10 heteroatoms. The molecule has 0 radical (unpaired) electrons. The third-order valence-electron chi connectivity index (χ3n) is 6.21. The molecule has 1 saturated heterocycles. The molecule has 5 N–H and O–H groups in total. The molecule has 0 aliphatic carbocycles. The van der Waals surface area contributed by atoms with Crippen molar-refractivity contribution in [3.8, 4) is 5.75 Å². The van der Waals surface area contributed by atoms with Gasteiger partial charge in [-0.15, -0.1) is 0 Å². The number of nitrogens with zero attached hydrogens (tertiary/aromatic N) is 2. The lowest BCUT2D eigenvalue weighted by molar-refractivity contribution is 0.0758. The van der Waals surface area contributed by atoms with Crippen molar-refractivity contribution in [3.05, 3.63) is 52.4 Å². The van der Waals surface area contributed by atoms with Crippen LogP contribution in [0.25, 0.3) is 5.70 Å². The molecule has 2 aliphatic rings. The van der Waals surface area contributed by atoms with Crippen LogP contribution in [0, 0.1) is 13.8 Å². The normalized spacial score (nSPS) is 19.9. The second kappa shape index (κ2) is 11.8. The molecule has 10 nitrogen and oxygen atoms in total. The predicted molar refractivity (Wildman–Crippen MR) is 132 cm³/mol. The number of rotatable bonds is 10. The minimum atomic E-state index is -0.608. The molecule has 1 aromatic carbocycles. The van der Waals surface area contributed by atoms with Gasteiger partial charge >= 0.3 is 0 Å². The monoisotopic (exact) mass is 485 g/mol. The Morgan fingerprint density at radius 2 is 2.06 bits per heavy atom. The zero-order valence-electron chi connectivity index (χ0n) is 20.5. The summed E-state index contributed by atoms with van der Waals surface area (Å²) in [6.45, 7) is 5.60. The minimum Gasteiger partial charge on any atom is -0.491 e. The Morgan fingerprint density at radius 1 is 1.26 bits per heavy atom. The average Bonchev–Trinajstić information content (AvgIpc) is 3.21. The van der Waals surface area contributed by atoms with E-state index in [1.165, 1.54) is 0 Å². The van der Waals surface area contributed by atoms with E-state index in [1.54, 1.807) is 7.05 Å². The molecule has 1 aromatic heterocycles. The van der Waals surface area contributed by atoms with Crippen molar-refractivity contribution >= 4 is 11.5 Å². The fourth-order valence-electron chi connectivity index (χ4n) is 4.40.